The second kappa shape index (κ2) is 13.7. The third-order valence-corrected chi connectivity index (χ3v) is 9.01. The molecule has 0 unspecified atom stereocenters. The summed E-state index contributed by atoms with van der Waals surface area (Å²) in [6, 6.07) is 16.6. The minimum Gasteiger partial charge on any atom is -0.496 e. The Morgan fingerprint density at radius 2 is 1.81 bits per heavy atom. The smallest absolute Gasteiger partial charge is 0.270 e. The minimum absolute atomic E-state index is 0.0375. The molecule has 2 aromatic carbocycles. The third-order valence-electron chi connectivity index (χ3n) is 9.01. The first-order valence-corrected chi connectivity index (χ1v) is 16.2. The second-order valence-corrected chi connectivity index (χ2v) is 12.0. The average Bonchev–Trinajstić information content (AvgIpc) is 3.83. The van der Waals surface area contributed by atoms with Crippen LogP contribution in [0.15, 0.2) is 79.3 Å². The van der Waals surface area contributed by atoms with Crippen molar-refractivity contribution in [3.05, 3.63) is 96.3 Å². The zero-order valence-electron chi connectivity index (χ0n) is 26.6. The quantitative estimate of drug-likeness (QED) is 0.229. The number of methoxy groups -OCH3 is 1. The van der Waals surface area contributed by atoms with Gasteiger partial charge in [-0.2, -0.15) is 0 Å². The van der Waals surface area contributed by atoms with Gasteiger partial charge in [0.15, 0.2) is 5.82 Å². The number of amides is 2. The molecule has 2 aliphatic rings. The molecule has 48 heavy (non-hydrogen) atoms. The maximum Gasteiger partial charge on any atom is 0.270 e. The van der Waals surface area contributed by atoms with Gasteiger partial charge in [0.2, 0.25) is 11.8 Å². The minimum atomic E-state index is -0.465. The molecule has 0 atom stereocenters. The fourth-order valence-corrected chi connectivity index (χ4v) is 6.51. The molecule has 11 nitrogen and oxygen atoms in total. The van der Waals surface area contributed by atoms with Gasteiger partial charge in [0.25, 0.3) is 5.91 Å². The number of hydrogen-bond donors (Lipinski definition) is 1. The summed E-state index contributed by atoms with van der Waals surface area (Å²) in [6.07, 6.45) is 9.12. The maximum absolute atomic E-state index is 16.6. The zero-order valence-corrected chi connectivity index (χ0v) is 26.6. The summed E-state index contributed by atoms with van der Waals surface area (Å²) < 4.78 is 29.9. The molecule has 0 saturated carbocycles. The van der Waals surface area contributed by atoms with Crippen LogP contribution in [0.1, 0.15) is 41.7 Å². The molecule has 1 N–H and O–H groups in total. The monoisotopic (exact) mass is 649 g/mol. The number of carbonyl (C=O) groups is 2. The highest BCUT2D eigenvalue weighted by atomic mass is 19.1. The van der Waals surface area contributed by atoms with Crippen molar-refractivity contribution in [3.63, 3.8) is 0 Å². The molecule has 246 valence electrons. The molecule has 2 aliphatic heterocycles. The van der Waals surface area contributed by atoms with E-state index >= 15 is 4.39 Å². The van der Waals surface area contributed by atoms with Gasteiger partial charge < -0.3 is 24.3 Å². The number of ether oxygens (including phenoxy) is 2. The molecule has 0 spiro atoms. The molecule has 0 radical (unpaired) electrons. The van der Waals surface area contributed by atoms with E-state index in [4.69, 9.17) is 9.47 Å². The number of aryl methyl sites for hydroxylation is 1. The Balaban J connectivity index is 1.17. The van der Waals surface area contributed by atoms with Crippen molar-refractivity contribution in [2.45, 2.75) is 38.3 Å². The largest absolute Gasteiger partial charge is 0.496 e. The van der Waals surface area contributed by atoms with Crippen molar-refractivity contribution in [2.24, 2.45) is 0 Å². The molecular weight excluding hydrogens is 613 g/mol. The van der Waals surface area contributed by atoms with Crippen LogP contribution in [0.4, 0.5) is 4.39 Å². The number of para-hydroxylation sites is 1. The molecule has 5 aromatic rings. The Hall–Kier alpha value is -5.52. The van der Waals surface area contributed by atoms with E-state index in [0.717, 1.165) is 11.1 Å². The summed E-state index contributed by atoms with van der Waals surface area (Å²) in [4.78, 5) is 37.9. The van der Waals surface area contributed by atoms with Crippen molar-refractivity contribution in [2.75, 3.05) is 33.3 Å². The highest BCUT2D eigenvalue weighted by Crippen LogP contribution is 2.40. The van der Waals surface area contributed by atoms with Crippen LogP contribution in [0.3, 0.4) is 0 Å². The molecule has 12 heteroatoms. The third kappa shape index (κ3) is 6.38. The van der Waals surface area contributed by atoms with Crippen molar-refractivity contribution in [1.82, 2.24) is 34.8 Å². The van der Waals surface area contributed by atoms with Gasteiger partial charge in [-0.1, -0.05) is 35.6 Å². The van der Waals surface area contributed by atoms with Crippen LogP contribution in [0, 0.1) is 5.82 Å². The number of aromatic nitrogens is 5. The molecule has 5 heterocycles. The molecular formula is C36H36FN7O4. The lowest BCUT2D eigenvalue weighted by atomic mass is 9.93. The number of nitrogens with zero attached hydrogens (tertiary/aromatic N) is 6. The predicted octanol–water partition coefficient (Wildman–Crippen LogP) is 5.36. The standard InChI is InChI=1S/C36H36FN7O4/c1-47-31-9-3-2-8-26(31)28-21-27(24-7-6-16-43(23-24)33(45)13-19-44-20-15-39-41-44)34(37)35-29(28)22-30(40-35)36(46)42-17-11-25(12-18-42)48-32-10-4-5-14-38-32/h2-5,7-10,14-15,20-22,25,40H,6,11-13,16-19,23H2,1H3. The van der Waals surface area contributed by atoms with Crippen molar-refractivity contribution < 1.29 is 23.5 Å². The zero-order chi connectivity index (χ0) is 33.0. The van der Waals surface area contributed by atoms with Gasteiger partial charge in [-0.05, 0) is 41.8 Å². The first-order chi connectivity index (χ1) is 23.5. The SMILES string of the molecule is COc1ccccc1-c1cc(C2=CCCN(C(=O)CCn3ccnn3)C2)c(F)c2[nH]c(C(=O)N3CCC(Oc4ccccn4)CC3)cc12. The number of likely N-dealkylation sites (tertiary alicyclic amines) is 1. The highest BCUT2D eigenvalue weighted by molar-refractivity contribution is 6.05. The summed E-state index contributed by atoms with van der Waals surface area (Å²) in [7, 11) is 1.60. The Morgan fingerprint density at radius 3 is 2.58 bits per heavy atom. The van der Waals surface area contributed by atoms with Crippen LogP contribution in [-0.2, 0) is 11.3 Å². The van der Waals surface area contributed by atoms with Crippen LogP contribution < -0.4 is 9.47 Å². The van der Waals surface area contributed by atoms with Crippen molar-refractivity contribution in [3.8, 4) is 22.8 Å². The number of fused-ring (bicyclic) bond motifs is 1. The topological polar surface area (TPSA) is 118 Å². The van der Waals surface area contributed by atoms with Gasteiger partial charge in [0.1, 0.15) is 17.5 Å². The summed E-state index contributed by atoms with van der Waals surface area (Å²) in [5.74, 6) is 0.497. The number of hydrogen-bond acceptors (Lipinski definition) is 7. The van der Waals surface area contributed by atoms with Crippen molar-refractivity contribution in [1.29, 1.82) is 0 Å². The molecule has 1 fully saturated rings. The molecule has 3 aromatic heterocycles. The molecule has 1 saturated heterocycles. The number of benzene rings is 2. The highest BCUT2D eigenvalue weighted by Gasteiger charge is 2.29. The van der Waals surface area contributed by atoms with Gasteiger partial charge in [-0.15, -0.1) is 5.10 Å². The number of halogens is 1. The lowest BCUT2D eigenvalue weighted by molar-refractivity contribution is -0.131. The van der Waals surface area contributed by atoms with Gasteiger partial charge in [0.05, 0.1) is 25.4 Å². The molecule has 7 rings (SSSR count). The van der Waals surface area contributed by atoms with E-state index in [-0.39, 0.29) is 36.4 Å². The number of H-pyrrole nitrogens is 1. The lowest BCUT2D eigenvalue weighted by Gasteiger charge is -2.31. The maximum atomic E-state index is 16.6. The summed E-state index contributed by atoms with van der Waals surface area (Å²) in [6.45, 7) is 2.25. The number of nitrogens with one attached hydrogen (secondary N) is 1. The van der Waals surface area contributed by atoms with E-state index in [2.05, 4.69) is 20.3 Å². The number of rotatable bonds is 9. The van der Waals surface area contributed by atoms with Gasteiger partial charge in [-0.25, -0.2) is 9.37 Å². The first kappa shape index (κ1) is 31.1. The molecule has 0 aliphatic carbocycles. The van der Waals surface area contributed by atoms with Crippen LogP contribution in [0.2, 0.25) is 0 Å². The van der Waals surface area contributed by atoms with Crippen LogP contribution in [-0.4, -0.2) is 86.0 Å². The van der Waals surface area contributed by atoms with Crippen molar-refractivity contribution >= 4 is 28.3 Å². The number of aromatic amines is 1. The van der Waals surface area contributed by atoms with Crippen LogP contribution in [0.5, 0.6) is 11.6 Å². The average molecular weight is 650 g/mol. The Kier molecular flexibility index (Phi) is 8.87. The van der Waals surface area contributed by atoms with Gasteiger partial charge in [0, 0.05) is 80.4 Å². The Labute approximate surface area is 277 Å². The number of pyridine rings is 1. The fraction of sp³-hybridized carbons (Fsp3) is 0.306. The van der Waals surface area contributed by atoms with E-state index < -0.39 is 5.82 Å². The lowest BCUT2D eigenvalue weighted by Crippen LogP contribution is -2.42. The molecule has 2 amide bonds. The van der Waals surface area contributed by atoms with E-state index in [1.165, 1.54) is 0 Å². The normalized spacial score (nSPS) is 15.4. The second-order valence-electron chi connectivity index (χ2n) is 12.0. The van der Waals surface area contributed by atoms with E-state index in [1.807, 2.05) is 54.6 Å². The number of carbonyl (C=O) groups excluding carboxylic acids is 2. The number of piperidine rings is 1. The van der Waals surface area contributed by atoms with E-state index in [1.54, 1.807) is 46.2 Å². The van der Waals surface area contributed by atoms with E-state index in [0.29, 0.717) is 79.3 Å². The first-order valence-electron chi connectivity index (χ1n) is 16.2. The predicted molar refractivity (Wildman–Crippen MR) is 178 cm³/mol. The van der Waals surface area contributed by atoms with Crippen LogP contribution in [0.25, 0.3) is 27.6 Å². The van der Waals surface area contributed by atoms with Crippen LogP contribution >= 0.6 is 0 Å². The van der Waals surface area contributed by atoms with Gasteiger partial charge >= 0.3 is 0 Å². The fourth-order valence-electron chi connectivity index (χ4n) is 6.51. The Bertz CT molecular complexity index is 1950. The Morgan fingerprint density at radius 1 is 0.979 bits per heavy atom. The molecule has 0 bridgehead atoms. The summed E-state index contributed by atoms with van der Waals surface area (Å²) in [5, 5.41) is 8.31. The van der Waals surface area contributed by atoms with E-state index in [9.17, 15) is 9.59 Å². The summed E-state index contributed by atoms with van der Waals surface area (Å²) >= 11 is 0. The summed E-state index contributed by atoms with van der Waals surface area (Å²) in [5.41, 5.74) is 3.14. The van der Waals surface area contributed by atoms with Gasteiger partial charge in [-0.3, -0.25) is 14.3 Å².